The number of aromatic nitrogens is 2. The average molecular weight is 244 g/mol. The number of alkyl halides is 3. The Morgan fingerprint density at radius 1 is 1.58 bits per heavy atom. The summed E-state index contributed by atoms with van der Waals surface area (Å²) in [7, 11) is 0. The van der Waals surface area contributed by atoms with E-state index in [1.165, 1.54) is 6.07 Å². The molecule has 0 aliphatic carbocycles. The first kappa shape index (κ1) is 9.37. The minimum absolute atomic E-state index is 0.0146. The maximum Gasteiger partial charge on any atom is 0.408 e. The Bertz CT molecular complexity index is 280. The summed E-state index contributed by atoms with van der Waals surface area (Å²) in [5.41, 5.74) is 5.22. The summed E-state index contributed by atoms with van der Waals surface area (Å²) in [6.07, 6.45) is -4.29. The largest absolute Gasteiger partial charge is 0.408 e. The number of rotatable bonds is 1. The van der Waals surface area contributed by atoms with Gasteiger partial charge in [0, 0.05) is 6.07 Å². The molecule has 1 aromatic rings. The first-order valence-corrected chi connectivity index (χ1v) is 3.73. The summed E-state index contributed by atoms with van der Waals surface area (Å²) in [6, 6.07) is 1.31. The third kappa shape index (κ3) is 2.40. The van der Waals surface area contributed by atoms with Crippen molar-refractivity contribution in [3.63, 3.8) is 0 Å². The van der Waals surface area contributed by atoms with Crippen molar-refractivity contribution in [3.8, 4) is 0 Å². The van der Waals surface area contributed by atoms with Gasteiger partial charge in [0.05, 0.1) is 0 Å². The third-order valence-electron chi connectivity index (χ3n) is 1.11. The Labute approximate surface area is 74.5 Å². The second-order valence-corrected chi connectivity index (χ2v) is 2.98. The molecule has 0 fully saturated rings. The smallest absolute Gasteiger partial charge is 0.384 e. The summed E-state index contributed by atoms with van der Waals surface area (Å²) in [5.74, 6) is -0.0146. The zero-order valence-electron chi connectivity index (χ0n) is 5.77. The van der Waals surface area contributed by atoms with Gasteiger partial charge in [-0.2, -0.15) is 18.3 Å². The van der Waals surface area contributed by atoms with Crippen LogP contribution in [0.1, 0.15) is 0 Å². The van der Waals surface area contributed by atoms with Gasteiger partial charge in [0.2, 0.25) is 0 Å². The molecule has 0 saturated heterocycles. The zero-order valence-corrected chi connectivity index (χ0v) is 7.35. The van der Waals surface area contributed by atoms with Crippen LogP contribution in [-0.2, 0) is 6.54 Å². The zero-order chi connectivity index (χ0) is 9.35. The topological polar surface area (TPSA) is 43.8 Å². The van der Waals surface area contributed by atoms with Crippen LogP contribution in [-0.4, -0.2) is 16.0 Å². The van der Waals surface area contributed by atoms with Crippen LogP contribution >= 0.6 is 15.9 Å². The fourth-order valence-corrected chi connectivity index (χ4v) is 1.12. The minimum Gasteiger partial charge on any atom is -0.384 e. The molecule has 0 aliphatic rings. The summed E-state index contributed by atoms with van der Waals surface area (Å²) < 4.78 is 36.4. The van der Waals surface area contributed by atoms with E-state index in [0.29, 0.717) is 9.28 Å². The number of anilines is 1. The van der Waals surface area contributed by atoms with Crippen LogP contribution < -0.4 is 5.73 Å². The average Bonchev–Trinajstić information content (AvgIpc) is 2.06. The number of nitrogen functional groups attached to an aromatic ring is 1. The molecule has 1 heterocycles. The van der Waals surface area contributed by atoms with E-state index in [0.717, 1.165) is 0 Å². The van der Waals surface area contributed by atoms with Gasteiger partial charge in [-0.1, -0.05) is 0 Å². The molecule has 0 aromatic carbocycles. The quantitative estimate of drug-likeness (QED) is 0.818. The molecular formula is C5H5BrF3N3. The molecule has 0 amide bonds. The molecule has 0 aliphatic heterocycles. The van der Waals surface area contributed by atoms with E-state index < -0.39 is 12.7 Å². The van der Waals surface area contributed by atoms with Crippen molar-refractivity contribution in [2.75, 3.05) is 5.73 Å². The molecule has 68 valence electrons. The number of hydrogen-bond acceptors (Lipinski definition) is 2. The molecule has 0 atom stereocenters. The van der Waals surface area contributed by atoms with Crippen LogP contribution in [0.2, 0.25) is 0 Å². The molecule has 7 heteroatoms. The van der Waals surface area contributed by atoms with Crippen molar-refractivity contribution >= 4 is 21.7 Å². The summed E-state index contributed by atoms with van der Waals surface area (Å²) >= 11 is 2.91. The summed E-state index contributed by atoms with van der Waals surface area (Å²) in [5, 5.41) is 3.48. The molecule has 0 bridgehead atoms. The Kier molecular flexibility index (Phi) is 2.31. The van der Waals surface area contributed by atoms with Gasteiger partial charge in [0.1, 0.15) is 17.0 Å². The molecule has 3 nitrogen and oxygen atoms in total. The molecular weight excluding hydrogens is 239 g/mol. The van der Waals surface area contributed by atoms with Crippen molar-refractivity contribution in [1.29, 1.82) is 0 Å². The van der Waals surface area contributed by atoms with Crippen molar-refractivity contribution in [2.24, 2.45) is 0 Å². The van der Waals surface area contributed by atoms with Crippen molar-refractivity contribution in [1.82, 2.24) is 9.78 Å². The first-order valence-electron chi connectivity index (χ1n) is 2.94. The van der Waals surface area contributed by atoms with Crippen LogP contribution in [0.25, 0.3) is 0 Å². The highest BCUT2D eigenvalue weighted by Gasteiger charge is 2.29. The lowest BCUT2D eigenvalue weighted by Crippen LogP contribution is -2.19. The van der Waals surface area contributed by atoms with Crippen LogP contribution in [0.4, 0.5) is 19.0 Å². The predicted molar refractivity (Wildman–Crippen MR) is 40.4 cm³/mol. The molecule has 1 aromatic heterocycles. The summed E-state index contributed by atoms with van der Waals surface area (Å²) in [6.45, 7) is -1.16. The van der Waals surface area contributed by atoms with Crippen LogP contribution in [0.15, 0.2) is 10.7 Å². The van der Waals surface area contributed by atoms with E-state index in [-0.39, 0.29) is 5.82 Å². The molecule has 12 heavy (non-hydrogen) atoms. The lowest BCUT2D eigenvalue weighted by Gasteiger charge is -2.06. The van der Waals surface area contributed by atoms with Gasteiger partial charge < -0.3 is 5.73 Å². The van der Waals surface area contributed by atoms with Crippen LogP contribution in [0.3, 0.4) is 0 Å². The van der Waals surface area contributed by atoms with Gasteiger partial charge >= 0.3 is 6.18 Å². The number of hydrogen-bond donors (Lipinski definition) is 1. The van der Waals surface area contributed by atoms with E-state index in [2.05, 4.69) is 21.0 Å². The van der Waals surface area contributed by atoms with E-state index in [4.69, 9.17) is 5.73 Å². The van der Waals surface area contributed by atoms with E-state index in [1.54, 1.807) is 0 Å². The highest BCUT2D eigenvalue weighted by molar-refractivity contribution is 9.10. The lowest BCUT2D eigenvalue weighted by molar-refractivity contribution is -0.142. The maximum absolute atomic E-state index is 11.8. The normalized spacial score (nSPS) is 12.0. The Hall–Kier alpha value is -0.720. The Balaban J connectivity index is 2.82. The number of halogens is 4. The van der Waals surface area contributed by atoms with E-state index in [9.17, 15) is 13.2 Å². The van der Waals surface area contributed by atoms with Gasteiger partial charge in [-0.05, 0) is 15.9 Å². The van der Waals surface area contributed by atoms with Gasteiger partial charge in [0.15, 0.2) is 0 Å². The lowest BCUT2D eigenvalue weighted by atomic mass is 10.6. The highest BCUT2D eigenvalue weighted by atomic mass is 79.9. The molecule has 1 rings (SSSR count). The SMILES string of the molecule is Nc1cc(Br)nn1CC(F)(F)F. The maximum atomic E-state index is 11.8. The fraction of sp³-hybridized carbons (Fsp3) is 0.400. The number of nitrogens with two attached hydrogens (primary N) is 1. The first-order chi connectivity index (χ1) is 5.38. The van der Waals surface area contributed by atoms with Gasteiger partial charge in [-0.25, -0.2) is 4.68 Å². The molecule has 0 saturated carbocycles. The van der Waals surface area contributed by atoms with Crippen molar-refractivity contribution < 1.29 is 13.2 Å². The highest BCUT2D eigenvalue weighted by Crippen LogP contribution is 2.20. The Morgan fingerprint density at radius 3 is 2.50 bits per heavy atom. The van der Waals surface area contributed by atoms with Crippen LogP contribution in [0.5, 0.6) is 0 Å². The second kappa shape index (κ2) is 2.96. The van der Waals surface area contributed by atoms with Crippen LogP contribution in [0, 0.1) is 0 Å². The standard InChI is InChI=1S/C5H5BrF3N3/c6-3-1-4(10)12(11-3)2-5(7,8)9/h1H,2,10H2. The summed E-state index contributed by atoms with van der Waals surface area (Å²) in [4.78, 5) is 0. The molecule has 0 unspecified atom stereocenters. The van der Waals surface area contributed by atoms with Crippen molar-refractivity contribution in [2.45, 2.75) is 12.7 Å². The monoisotopic (exact) mass is 243 g/mol. The molecule has 0 radical (unpaired) electrons. The Morgan fingerprint density at radius 2 is 2.17 bits per heavy atom. The van der Waals surface area contributed by atoms with E-state index in [1.807, 2.05) is 0 Å². The molecule has 0 spiro atoms. The fourth-order valence-electron chi connectivity index (χ4n) is 0.695. The van der Waals surface area contributed by atoms with Gasteiger partial charge in [0.25, 0.3) is 0 Å². The van der Waals surface area contributed by atoms with Crippen molar-refractivity contribution in [3.05, 3.63) is 10.7 Å². The van der Waals surface area contributed by atoms with Gasteiger partial charge in [-0.15, -0.1) is 0 Å². The van der Waals surface area contributed by atoms with Gasteiger partial charge in [-0.3, -0.25) is 0 Å². The van der Waals surface area contributed by atoms with E-state index >= 15 is 0 Å². The predicted octanol–water partition coefficient (Wildman–Crippen LogP) is 1.79. The third-order valence-corrected chi connectivity index (χ3v) is 1.50. The number of nitrogens with zero attached hydrogens (tertiary/aromatic N) is 2. The molecule has 2 N–H and O–H groups in total. The minimum atomic E-state index is -4.29. The second-order valence-electron chi connectivity index (χ2n) is 2.16.